The Kier molecular flexibility index (Phi) is 5.72. The van der Waals surface area contributed by atoms with E-state index in [0.717, 1.165) is 20.8 Å². The second kappa shape index (κ2) is 8.46. The average molecular weight is 459 g/mol. The van der Waals surface area contributed by atoms with Gasteiger partial charge in [-0.3, -0.25) is 9.23 Å². The Morgan fingerprint density at radius 3 is 2.77 bits per heavy atom. The summed E-state index contributed by atoms with van der Waals surface area (Å²) in [5.74, 6) is -0.0422. The van der Waals surface area contributed by atoms with Gasteiger partial charge in [-0.1, -0.05) is 12.1 Å². The van der Waals surface area contributed by atoms with Crippen molar-refractivity contribution >= 4 is 51.0 Å². The lowest BCUT2D eigenvalue weighted by atomic mass is 10.1. The van der Waals surface area contributed by atoms with Crippen molar-refractivity contribution in [3.05, 3.63) is 53.5 Å². The Bertz CT molecular complexity index is 1300. The zero-order chi connectivity index (χ0) is 22.1. The highest BCUT2D eigenvalue weighted by molar-refractivity contribution is 7.81. The fraction of sp³-hybridized carbons (Fsp3) is 0.150. The van der Waals surface area contributed by atoms with Gasteiger partial charge in [0.25, 0.3) is 11.3 Å². The number of anilines is 2. The molecule has 0 aliphatic rings. The molecule has 0 saturated heterocycles. The van der Waals surface area contributed by atoms with Gasteiger partial charge in [-0.2, -0.15) is 5.10 Å². The molecular weight excluding hydrogens is 440 g/mol. The van der Waals surface area contributed by atoms with Crippen LogP contribution in [0, 0.1) is 0 Å². The van der Waals surface area contributed by atoms with Crippen LogP contribution in [0.1, 0.15) is 10.4 Å². The summed E-state index contributed by atoms with van der Waals surface area (Å²) < 4.78 is 35.3. The van der Waals surface area contributed by atoms with E-state index >= 15 is 0 Å². The predicted molar refractivity (Wildman–Crippen MR) is 119 cm³/mol. The lowest BCUT2D eigenvalue weighted by molar-refractivity contribution is 0.0600. The molecular formula is C20H18N4O5S2. The molecule has 0 aliphatic heterocycles. The number of para-hydroxylation sites is 1. The molecule has 2 aromatic heterocycles. The normalized spacial score (nSPS) is 12.0. The highest BCUT2D eigenvalue weighted by atomic mass is 32.2. The number of benzene rings is 2. The second-order valence-corrected chi connectivity index (χ2v) is 8.11. The van der Waals surface area contributed by atoms with Crippen molar-refractivity contribution in [3.63, 3.8) is 0 Å². The van der Waals surface area contributed by atoms with E-state index < -0.39 is 17.2 Å². The quantitative estimate of drug-likeness (QED) is 0.346. The molecule has 1 atom stereocenters. The molecule has 4 aromatic rings. The third-order valence-electron chi connectivity index (χ3n) is 4.67. The molecule has 0 aliphatic carbocycles. The number of esters is 1. The molecule has 9 nitrogen and oxygen atoms in total. The summed E-state index contributed by atoms with van der Waals surface area (Å²) in [7, 11) is 4.54. The topological polar surface area (TPSA) is 107 Å². The number of aryl methyl sites for hydroxylation is 1. The molecule has 0 saturated carbocycles. The number of hydrogen-bond acceptors (Lipinski definition) is 7. The van der Waals surface area contributed by atoms with Crippen LogP contribution >= 0.6 is 11.3 Å². The van der Waals surface area contributed by atoms with Crippen molar-refractivity contribution in [3.8, 4) is 16.3 Å². The summed E-state index contributed by atoms with van der Waals surface area (Å²) in [6.45, 7) is 0. The smallest absolute Gasteiger partial charge is 0.337 e. The van der Waals surface area contributed by atoms with Crippen molar-refractivity contribution in [2.24, 2.45) is 7.05 Å². The maximum atomic E-state index is 12.3. The zero-order valence-corrected chi connectivity index (χ0v) is 18.4. The summed E-state index contributed by atoms with van der Waals surface area (Å²) in [6, 6.07) is 10.3. The number of ether oxygens (including phenoxy) is 2. The van der Waals surface area contributed by atoms with Gasteiger partial charge < -0.3 is 9.47 Å². The molecule has 0 amide bonds. The summed E-state index contributed by atoms with van der Waals surface area (Å²) in [4.78, 5) is 16.4. The van der Waals surface area contributed by atoms with Crippen LogP contribution < -0.4 is 9.04 Å². The summed E-state index contributed by atoms with van der Waals surface area (Å²) in [5.41, 5.74) is 2.32. The van der Waals surface area contributed by atoms with Gasteiger partial charge in [-0.05, 0) is 24.3 Å². The zero-order valence-electron chi connectivity index (χ0n) is 16.8. The molecule has 0 radical (unpaired) electrons. The van der Waals surface area contributed by atoms with E-state index in [-0.39, 0.29) is 22.8 Å². The van der Waals surface area contributed by atoms with Crippen LogP contribution in [-0.2, 0) is 23.1 Å². The lowest BCUT2D eigenvalue weighted by Gasteiger charge is -2.20. The molecule has 11 heteroatoms. The molecule has 31 heavy (non-hydrogen) atoms. The minimum Gasteiger partial charge on any atom is -0.495 e. The van der Waals surface area contributed by atoms with Crippen LogP contribution in [0.4, 0.5) is 11.5 Å². The monoisotopic (exact) mass is 458 g/mol. The standard InChI is InChI=1S/C20H18N4O5S2/c1-23-18-13(10-21-23)5-4-6-14(18)19-22-17(11-30-19)24(31(26)27)15-8-7-12(20(25)29-3)9-16(15)28-2/h4-11H,1-3H3,(H,26,27). The Hall–Kier alpha value is -3.28. The van der Waals surface area contributed by atoms with Gasteiger partial charge in [-0.25, -0.2) is 18.3 Å². The maximum absolute atomic E-state index is 12.3. The van der Waals surface area contributed by atoms with E-state index in [1.54, 1.807) is 16.3 Å². The largest absolute Gasteiger partial charge is 0.495 e. The maximum Gasteiger partial charge on any atom is 0.337 e. The Labute approximate surface area is 184 Å². The SMILES string of the molecule is COC(=O)c1ccc(N(c2csc(-c3cccc4cnn(C)c34)n2)S(=O)O)c(OC)c1. The van der Waals surface area contributed by atoms with E-state index in [2.05, 4.69) is 10.1 Å². The number of hydrogen-bond donors (Lipinski definition) is 1. The van der Waals surface area contributed by atoms with Gasteiger partial charge >= 0.3 is 5.97 Å². The average Bonchev–Trinajstić information content (AvgIpc) is 3.40. The van der Waals surface area contributed by atoms with Crippen molar-refractivity contribution in [1.29, 1.82) is 0 Å². The van der Waals surface area contributed by atoms with E-state index in [4.69, 9.17) is 9.47 Å². The van der Waals surface area contributed by atoms with Crippen LogP contribution in [0.3, 0.4) is 0 Å². The van der Waals surface area contributed by atoms with Crippen molar-refractivity contribution in [2.45, 2.75) is 0 Å². The first-order valence-corrected chi connectivity index (χ1v) is 10.9. The van der Waals surface area contributed by atoms with Crippen molar-refractivity contribution in [2.75, 3.05) is 18.5 Å². The minimum atomic E-state index is -2.44. The van der Waals surface area contributed by atoms with Gasteiger partial charge in [0.2, 0.25) is 0 Å². The molecule has 1 N–H and O–H groups in total. The summed E-state index contributed by atoms with van der Waals surface area (Å²) >= 11 is -1.10. The first-order valence-electron chi connectivity index (χ1n) is 8.98. The van der Waals surface area contributed by atoms with E-state index in [1.807, 2.05) is 25.2 Å². The fourth-order valence-electron chi connectivity index (χ4n) is 3.27. The van der Waals surface area contributed by atoms with E-state index in [9.17, 15) is 13.6 Å². The number of rotatable bonds is 6. The highest BCUT2D eigenvalue weighted by Gasteiger charge is 2.24. The number of aromatic nitrogens is 3. The molecule has 0 bridgehead atoms. The number of thiazole rings is 1. The molecule has 0 fully saturated rings. The number of fused-ring (bicyclic) bond motifs is 1. The van der Waals surface area contributed by atoms with E-state index in [1.165, 1.54) is 43.8 Å². The Morgan fingerprint density at radius 2 is 2.06 bits per heavy atom. The van der Waals surface area contributed by atoms with Crippen LogP contribution in [0.25, 0.3) is 21.5 Å². The van der Waals surface area contributed by atoms with Gasteiger partial charge in [0.1, 0.15) is 16.4 Å². The Morgan fingerprint density at radius 1 is 1.26 bits per heavy atom. The van der Waals surface area contributed by atoms with Crippen LogP contribution in [-0.4, -0.2) is 43.7 Å². The molecule has 2 aromatic carbocycles. The van der Waals surface area contributed by atoms with Crippen molar-refractivity contribution < 1.29 is 23.0 Å². The third-order valence-corrected chi connectivity index (χ3v) is 6.23. The van der Waals surface area contributed by atoms with Crippen LogP contribution in [0.15, 0.2) is 48.0 Å². The molecule has 1 unspecified atom stereocenters. The molecule has 2 heterocycles. The van der Waals surface area contributed by atoms with E-state index in [0.29, 0.717) is 5.01 Å². The molecule has 160 valence electrons. The number of carbonyl (C=O) groups excluding carboxylic acids is 1. The van der Waals surface area contributed by atoms with Crippen LogP contribution in [0.2, 0.25) is 0 Å². The fourth-order valence-corrected chi connectivity index (χ4v) is 4.72. The second-order valence-electron chi connectivity index (χ2n) is 6.43. The highest BCUT2D eigenvalue weighted by Crippen LogP contribution is 2.39. The first kappa shape index (κ1) is 21.0. The molecule has 4 rings (SSSR count). The van der Waals surface area contributed by atoms with Gasteiger partial charge in [0.15, 0.2) is 5.82 Å². The van der Waals surface area contributed by atoms with Crippen molar-refractivity contribution in [1.82, 2.24) is 14.8 Å². The lowest BCUT2D eigenvalue weighted by Crippen LogP contribution is -2.20. The molecule has 0 spiro atoms. The number of nitrogens with zero attached hydrogens (tertiary/aromatic N) is 4. The third kappa shape index (κ3) is 3.78. The summed E-state index contributed by atoms with van der Waals surface area (Å²) in [6.07, 6.45) is 1.77. The van der Waals surface area contributed by atoms with Crippen LogP contribution in [0.5, 0.6) is 5.75 Å². The summed E-state index contributed by atoms with van der Waals surface area (Å²) in [5, 5.41) is 7.62. The van der Waals surface area contributed by atoms with Gasteiger partial charge in [0.05, 0.1) is 31.5 Å². The first-order chi connectivity index (χ1) is 14.9. The number of carbonyl (C=O) groups is 1. The Balaban J connectivity index is 1.79. The minimum absolute atomic E-state index is 0.230. The predicted octanol–water partition coefficient (Wildman–Crippen LogP) is 3.77. The van der Waals surface area contributed by atoms with Gasteiger partial charge in [0, 0.05) is 23.4 Å². The number of methoxy groups -OCH3 is 2. The van der Waals surface area contributed by atoms with Gasteiger partial charge in [-0.15, -0.1) is 11.3 Å².